The van der Waals surface area contributed by atoms with Gasteiger partial charge in [0.25, 0.3) is 0 Å². The van der Waals surface area contributed by atoms with Crippen molar-refractivity contribution in [2.75, 3.05) is 26.7 Å². The van der Waals surface area contributed by atoms with Crippen LogP contribution in [-0.2, 0) is 4.79 Å². The molecule has 3 unspecified atom stereocenters. The van der Waals surface area contributed by atoms with Crippen LogP contribution >= 0.6 is 0 Å². The molecule has 0 radical (unpaired) electrons. The Kier molecular flexibility index (Phi) is 3.15. The Balaban J connectivity index is 1.86. The van der Waals surface area contributed by atoms with Gasteiger partial charge in [-0.15, -0.1) is 0 Å². The Morgan fingerprint density at radius 3 is 3.14 bits per heavy atom. The summed E-state index contributed by atoms with van der Waals surface area (Å²) in [6.07, 6.45) is 5.33. The van der Waals surface area contributed by atoms with Gasteiger partial charge in [0.15, 0.2) is 0 Å². The first kappa shape index (κ1) is 10.1. The van der Waals surface area contributed by atoms with E-state index in [1.807, 2.05) is 7.05 Å². The highest BCUT2D eigenvalue weighted by molar-refractivity contribution is 5.51. The molecule has 0 saturated carbocycles. The second-order valence-corrected chi connectivity index (χ2v) is 4.35. The zero-order chi connectivity index (χ0) is 9.97. The zero-order valence-corrected chi connectivity index (χ0v) is 8.78. The van der Waals surface area contributed by atoms with Crippen LogP contribution in [0, 0.1) is 5.92 Å². The minimum absolute atomic E-state index is 0.421. The molecule has 0 amide bonds. The maximum atomic E-state index is 10.2. The fraction of sp³-hybridized carbons (Fsp3) is 0.900. The summed E-state index contributed by atoms with van der Waals surface area (Å²) in [5.41, 5.74) is 3.11. The van der Waals surface area contributed by atoms with Gasteiger partial charge >= 0.3 is 0 Å². The minimum atomic E-state index is 0.421. The molecule has 0 aromatic rings. The number of hydrazine groups is 1. The molecule has 0 aromatic heterocycles. The standard InChI is InChI=1S/C10H19N3O/c1-12(11-5-7-14)10-3-2-9-4-6-13(10)8-9/h7,9-11H,2-6,8H2,1H3. The average molecular weight is 197 g/mol. The summed E-state index contributed by atoms with van der Waals surface area (Å²) < 4.78 is 0. The van der Waals surface area contributed by atoms with Crippen molar-refractivity contribution >= 4 is 6.29 Å². The third kappa shape index (κ3) is 1.97. The first-order valence-electron chi connectivity index (χ1n) is 5.45. The Morgan fingerprint density at radius 2 is 2.36 bits per heavy atom. The van der Waals surface area contributed by atoms with Crippen molar-refractivity contribution in [2.24, 2.45) is 5.92 Å². The zero-order valence-electron chi connectivity index (χ0n) is 8.78. The van der Waals surface area contributed by atoms with Gasteiger partial charge in [-0.2, -0.15) is 0 Å². The first-order valence-corrected chi connectivity index (χ1v) is 5.45. The van der Waals surface area contributed by atoms with E-state index < -0.39 is 0 Å². The molecule has 2 aliphatic heterocycles. The van der Waals surface area contributed by atoms with Crippen LogP contribution in [0.5, 0.6) is 0 Å². The highest BCUT2D eigenvalue weighted by Crippen LogP contribution is 2.31. The topological polar surface area (TPSA) is 35.6 Å². The van der Waals surface area contributed by atoms with Crippen molar-refractivity contribution in [1.29, 1.82) is 0 Å². The molecule has 80 valence electrons. The monoisotopic (exact) mass is 197 g/mol. The molecule has 0 spiro atoms. The van der Waals surface area contributed by atoms with Crippen molar-refractivity contribution in [2.45, 2.75) is 25.4 Å². The summed E-state index contributed by atoms with van der Waals surface area (Å²) in [6.45, 7) is 2.89. The van der Waals surface area contributed by atoms with Gasteiger partial charge in [-0.25, -0.2) is 10.4 Å². The Hall–Kier alpha value is -0.450. The normalized spacial score (nSPS) is 36.3. The molecule has 4 nitrogen and oxygen atoms in total. The molecular formula is C10H19N3O. The summed E-state index contributed by atoms with van der Waals surface area (Å²) >= 11 is 0. The molecule has 2 rings (SSSR count). The van der Waals surface area contributed by atoms with Gasteiger partial charge in [-0.1, -0.05) is 0 Å². The number of aldehydes is 1. The van der Waals surface area contributed by atoms with Crippen LogP contribution in [0.4, 0.5) is 0 Å². The lowest BCUT2D eigenvalue weighted by molar-refractivity contribution is -0.108. The van der Waals surface area contributed by atoms with E-state index >= 15 is 0 Å². The predicted molar refractivity (Wildman–Crippen MR) is 54.5 cm³/mol. The highest BCUT2D eigenvalue weighted by atomic mass is 16.1. The summed E-state index contributed by atoms with van der Waals surface area (Å²) in [4.78, 5) is 12.8. The van der Waals surface area contributed by atoms with Gasteiger partial charge in [-0.05, 0) is 31.7 Å². The molecule has 14 heavy (non-hydrogen) atoms. The largest absolute Gasteiger partial charge is 0.302 e. The molecule has 2 bridgehead atoms. The van der Waals surface area contributed by atoms with Gasteiger partial charge in [0, 0.05) is 13.6 Å². The van der Waals surface area contributed by atoms with Gasteiger partial charge < -0.3 is 4.79 Å². The summed E-state index contributed by atoms with van der Waals surface area (Å²) in [7, 11) is 2.03. The van der Waals surface area contributed by atoms with E-state index in [1.54, 1.807) is 0 Å². The van der Waals surface area contributed by atoms with Crippen LogP contribution in [0.1, 0.15) is 19.3 Å². The second kappa shape index (κ2) is 4.38. The number of fused-ring (bicyclic) bond motifs is 2. The van der Waals surface area contributed by atoms with Crippen molar-refractivity contribution in [3.05, 3.63) is 0 Å². The molecule has 2 saturated heterocycles. The van der Waals surface area contributed by atoms with E-state index in [1.165, 1.54) is 32.4 Å². The van der Waals surface area contributed by atoms with Crippen molar-refractivity contribution < 1.29 is 4.79 Å². The number of nitrogens with one attached hydrogen (secondary N) is 1. The molecule has 0 aliphatic carbocycles. The van der Waals surface area contributed by atoms with E-state index in [0.717, 1.165) is 12.2 Å². The maximum absolute atomic E-state index is 10.2. The van der Waals surface area contributed by atoms with E-state index in [4.69, 9.17) is 0 Å². The number of nitrogens with zero attached hydrogens (tertiary/aromatic N) is 2. The van der Waals surface area contributed by atoms with Crippen LogP contribution in [-0.4, -0.2) is 49.0 Å². The third-order valence-electron chi connectivity index (χ3n) is 3.44. The lowest BCUT2D eigenvalue weighted by Gasteiger charge is -2.38. The van der Waals surface area contributed by atoms with Crippen LogP contribution in [0.2, 0.25) is 0 Å². The van der Waals surface area contributed by atoms with Crippen LogP contribution in [0.3, 0.4) is 0 Å². The van der Waals surface area contributed by atoms with E-state index in [2.05, 4.69) is 15.3 Å². The number of carbonyl (C=O) groups excluding carboxylic acids is 1. The third-order valence-corrected chi connectivity index (χ3v) is 3.44. The number of rotatable bonds is 4. The average Bonchev–Trinajstić information content (AvgIpc) is 2.57. The Morgan fingerprint density at radius 1 is 1.50 bits per heavy atom. The highest BCUT2D eigenvalue weighted by Gasteiger charge is 2.35. The fourth-order valence-corrected chi connectivity index (χ4v) is 2.66. The van der Waals surface area contributed by atoms with Gasteiger partial charge in [0.1, 0.15) is 6.29 Å². The van der Waals surface area contributed by atoms with E-state index in [0.29, 0.717) is 12.7 Å². The smallest absolute Gasteiger partial charge is 0.135 e. The van der Waals surface area contributed by atoms with Gasteiger partial charge in [0.05, 0.1) is 12.7 Å². The fourth-order valence-electron chi connectivity index (χ4n) is 2.66. The van der Waals surface area contributed by atoms with Crippen LogP contribution in [0.15, 0.2) is 0 Å². The van der Waals surface area contributed by atoms with Gasteiger partial charge in [-0.3, -0.25) is 4.90 Å². The van der Waals surface area contributed by atoms with Crippen molar-refractivity contribution in [3.8, 4) is 0 Å². The maximum Gasteiger partial charge on any atom is 0.135 e. The SMILES string of the molecule is CN(NCC=O)C1CCC2CCN1C2. The molecule has 4 heteroatoms. The minimum Gasteiger partial charge on any atom is -0.302 e. The summed E-state index contributed by atoms with van der Waals surface area (Å²) in [5.74, 6) is 0.936. The molecule has 2 heterocycles. The molecular weight excluding hydrogens is 178 g/mol. The van der Waals surface area contributed by atoms with Gasteiger partial charge in [0.2, 0.25) is 0 Å². The quantitative estimate of drug-likeness (QED) is 0.511. The van der Waals surface area contributed by atoms with Crippen LogP contribution in [0.25, 0.3) is 0 Å². The summed E-state index contributed by atoms with van der Waals surface area (Å²) in [6, 6.07) is 0. The molecule has 3 atom stereocenters. The number of hydrogen-bond donors (Lipinski definition) is 1. The lowest BCUT2D eigenvalue weighted by atomic mass is 9.99. The number of piperidine rings is 1. The molecule has 2 fully saturated rings. The Bertz CT molecular complexity index is 210. The number of hydrogen-bond acceptors (Lipinski definition) is 4. The van der Waals surface area contributed by atoms with Crippen molar-refractivity contribution in [1.82, 2.24) is 15.3 Å². The predicted octanol–water partition coefficient (Wildman–Crippen LogP) is 0.0635. The number of carbonyl (C=O) groups is 1. The van der Waals surface area contributed by atoms with Crippen molar-refractivity contribution in [3.63, 3.8) is 0 Å². The second-order valence-electron chi connectivity index (χ2n) is 4.35. The molecule has 0 aromatic carbocycles. The van der Waals surface area contributed by atoms with E-state index in [-0.39, 0.29) is 0 Å². The Labute approximate surface area is 85.2 Å². The molecule has 1 N–H and O–H groups in total. The van der Waals surface area contributed by atoms with E-state index in [9.17, 15) is 4.79 Å². The van der Waals surface area contributed by atoms with Crippen LogP contribution < -0.4 is 5.43 Å². The lowest BCUT2D eigenvalue weighted by Crippen LogP contribution is -2.53. The summed E-state index contributed by atoms with van der Waals surface area (Å²) in [5, 5.41) is 2.09. The molecule has 2 aliphatic rings. The first-order chi connectivity index (χ1) is 6.81.